The predicted octanol–water partition coefficient (Wildman–Crippen LogP) is 9.98. The largest absolute Gasteiger partial charge is 2.00 e. The fourth-order valence-electron chi connectivity index (χ4n) is 7.87. The maximum Gasteiger partial charge on any atom is 2.00 e. The second-order valence-corrected chi connectivity index (χ2v) is 13.4. The number of nitrogens with zero attached hydrogens (tertiary/aromatic N) is 4. The molecule has 1 aliphatic carbocycles. The van der Waals surface area contributed by atoms with Crippen molar-refractivity contribution >= 4 is 17.1 Å². The van der Waals surface area contributed by atoms with Gasteiger partial charge in [-0.3, -0.25) is 9.67 Å². The van der Waals surface area contributed by atoms with Crippen LogP contribution in [0.5, 0.6) is 5.75 Å². The van der Waals surface area contributed by atoms with Gasteiger partial charge in [0.15, 0.2) is 0 Å². The van der Waals surface area contributed by atoms with Crippen LogP contribution in [0.3, 0.4) is 0 Å². The van der Waals surface area contributed by atoms with Gasteiger partial charge in [0, 0.05) is 17.3 Å². The van der Waals surface area contributed by atoms with Gasteiger partial charge in [-0.05, 0) is 72.1 Å². The first-order valence-corrected chi connectivity index (χ1v) is 17.0. The standard InChI is InChI=1S/C45H38N4O.Pt/c1-31-28-32(2)49(47-31)36-19-15-18-35(30-36)48(41-24-10-11-25-42(41)50-5)34-17-14-16-33(29-34)45(43-26-12-13-27-46-43)39-22-8-6-20-37(39)44(3,4)38-21-7-9-23-40(38)45;/h6-28H,1-5H3;/q-2;+2. The number of aromatic nitrogens is 3. The molecule has 6 heteroatoms. The molecule has 1 aliphatic rings. The number of aryl methyl sites for hydroxylation is 2. The minimum Gasteiger partial charge on any atom is -0.495 e. The van der Waals surface area contributed by atoms with Crippen molar-refractivity contribution in [3.8, 4) is 11.4 Å². The molecular weight excluding hydrogens is 808 g/mol. The van der Waals surface area contributed by atoms with Gasteiger partial charge in [0.1, 0.15) is 5.75 Å². The zero-order chi connectivity index (χ0) is 34.5. The van der Waals surface area contributed by atoms with E-state index in [1.807, 2.05) is 48.1 Å². The zero-order valence-corrected chi connectivity index (χ0v) is 31.6. The monoisotopic (exact) mass is 845 g/mol. The maximum absolute atomic E-state index is 5.96. The molecular formula is C45H38N4OPt. The molecule has 0 N–H and O–H groups in total. The summed E-state index contributed by atoms with van der Waals surface area (Å²) < 4.78 is 7.90. The van der Waals surface area contributed by atoms with Gasteiger partial charge >= 0.3 is 21.1 Å². The Kier molecular flexibility index (Phi) is 9.03. The normalized spacial score (nSPS) is 13.7. The third kappa shape index (κ3) is 5.52. The number of rotatable bonds is 7. The average molecular weight is 846 g/mol. The fraction of sp³-hybridized carbons (Fsp3) is 0.156. The summed E-state index contributed by atoms with van der Waals surface area (Å²) >= 11 is 0. The van der Waals surface area contributed by atoms with Crippen molar-refractivity contribution in [1.82, 2.24) is 14.8 Å². The molecule has 8 rings (SSSR count). The van der Waals surface area contributed by atoms with Crippen molar-refractivity contribution in [2.45, 2.75) is 38.5 Å². The van der Waals surface area contributed by atoms with Crippen molar-refractivity contribution in [2.24, 2.45) is 0 Å². The average Bonchev–Trinajstić information content (AvgIpc) is 3.50. The summed E-state index contributed by atoms with van der Waals surface area (Å²) in [6.07, 6.45) is 1.90. The van der Waals surface area contributed by atoms with E-state index in [-0.39, 0.29) is 26.5 Å². The zero-order valence-electron chi connectivity index (χ0n) is 29.3. The Morgan fingerprint density at radius 2 is 1.27 bits per heavy atom. The number of benzene rings is 5. The molecule has 0 saturated carbocycles. The molecule has 0 saturated heterocycles. The molecule has 51 heavy (non-hydrogen) atoms. The first-order valence-electron chi connectivity index (χ1n) is 17.0. The van der Waals surface area contributed by atoms with Crippen molar-refractivity contribution in [1.29, 1.82) is 0 Å². The Morgan fingerprint density at radius 1 is 0.667 bits per heavy atom. The third-order valence-corrected chi connectivity index (χ3v) is 10.1. The molecule has 5 nitrogen and oxygen atoms in total. The van der Waals surface area contributed by atoms with Crippen molar-refractivity contribution in [3.05, 3.63) is 197 Å². The smallest absolute Gasteiger partial charge is 0.495 e. The van der Waals surface area contributed by atoms with E-state index >= 15 is 0 Å². The number of para-hydroxylation sites is 2. The molecule has 2 aromatic heterocycles. The van der Waals surface area contributed by atoms with Gasteiger partial charge in [0.2, 0.25) is 0 Å². The summed E-state index contributed by atoms with van der Waals surface area (Å²) in [5, 5.41) is 4.76. The second-order valence-electron chi connectivity index (χ2n) is 13.4. The molecule has 5 aromatic carbocycles. The van der Waals surface area contributed by atoms with E-state index in [2.05, 4.69) is 141 Å². The van der Waals surface area contributed by atoms with Crippen LogP contribution in [0.25, 0.3) is 5.69 Å². The maximum atomic E-state index is 5.96. The topological polar surface area (TPSA) is 43.2 Å². The van der Waals surface area contributed by atoms with Crippen LogP contribution in [0.15, 0.2) is 140 Å². The van der Waals surface area contributed by atoms with Crippen LogP contribution in [-0.4, -0.2) is 21.9 Å². The Morgan fingerprint density at radius 3 is 1.90 bits per heavy atom. The van der Waals surface area contributed by atoms with E-state index in [0.29, 0.717) is 0 Å². The van der Waals surface area contributed by atoms with Gasteiger partial charge < -0.3 is 9.64 Å². The third-order valence-electron chi connectivity index (χ3n) is 10.1. The number of methoxy groups -OCH3 is 1. The predicted molar refractivity (Wildman–Crippen MR) is 200 cm³/mol. The van der Waals surface area contributed by atoms with Gasteiger partial charge in [0.25, 0.3) is 0 Å². The number of anilines is 3. The Labute approximate surface area is 314 Å². The van der Waals surface area contributed by atoms with Crippen LogP contribution in [0, 0.1) is 26.0 Å². The van der Waals surface area contributed by atoms with E-state index in [1.54, 1.807) is 7.11 Å². The number of ether oxygens (including phenoxy) is 1. The quantitative estimate of drug-likeness (QED) is 0.150. The fourth-order valence-corrected chi connectivity index (χ4v) is 7.87. The summed E-state index contributed by atoms with van der Waals surface area (Å²) in [6, 6.07) is 54.3. The molecule has 0 radical (unpaired) electrons. The minimum absolute atomic E-state index is 0. The van der Waals surface area contributed by atoms with E-state index in [0.717, 1.165) is 51.1 Å². The van der Waals surface area contributed by atoms with Crippen molar-refractivity contribution in [3.63, 3.8) is 0 Å². The summed E-state index contributed by atoms with van der Waals surface area (Å²) in [4.78, 5) is 7.28. The molecule has 7 aromatic rings. The van der Waals surface area contributed by atoms with E-state index in [1.165, 1.54) is 22.3 Å². The number of hydrogen-bond donors (Lipinski definition) is 0. The molecule has 0 atom stereocenters. The second kappa shape index (κ2) is 13.5. The van der Waals surface area contributed by atoms with Crippen molar-refractivity contribution in [2.75, 3.05) is 12.0 Å². The van der Waals surface area contributed by atoms with Crippen LogP contribution in [0.4, 0.5) is 17.1 Å². The Bertz CT molecular complexity index is 2300. The van der Waals surface area contributed by atoms with E-state index in [4.69, 9.17) is 14.8 Å². The summed E-state index contributed by atoms with van der Waals surface area (Å²) in [5.74, 6) is 0.741. The van der Waals surface area contributed by atoms with Gasteiger partial charge in [-0.1, -0.05) is 92.0 Å². The molecule has 0 spiro atoms. The number of fused-ring (bicyclic) bond motifs is 2. The number of hydrogen-bond acceptors (Lipinski definition) is 4. The van der Waals surface area contributed by atoms with E-state index in [9.17, 15) is 0 Å². The minimum atomic E-state index is -0.734. The molecule has 0 unspecified atom stereocenters. The van der Waals surface area contributed by atoms with Gasteiger partial charge in [-0.2, -0.15) is 29.4 Å². The van der Waals surface area contributed by atoms with Crippen LogP contribution in [0.2, 0.25) is 0 Å². The number of pyridine rings is 1. The van der Waals surface area contributed by atoms with Gasteiger partial charge in [0.05, 0.1) is 29.6 Å². The van der Waals surface area contributed by atoms with Gasteiger partial charge in [-0.15, -0.1) is 29.8 Å². The van der Waals surface area contributed by atoms with Crippen molar-refractivity contribution < 1.29 is 25.8 Å². The first kappa shape index (κ1) is 34.2. The molecule has 2 heterocycles. The van der Waals surface area contributed by atoms with Crippen LogP contribution < -0.4 is 9.64 Å². The molecule has 254 valence electrons. The SMILES string of the molecule is COc1ccccc1N(c1[c-]c(-n2nc(C)cc2C)ccc1)c1[c-]c(C2(c3ccccn3)c3ccccc3C(C)(C)c3ccccc32)ccc1.[Pt+2]. The first-order chi connectivity index (χ1) is 24.3. The van der Waals surface area contributed by atoms with Gasteiger partial charge in [-0.25, -0.2) is 0 Å². The molecule has 0 amide bonds. The summed E-state index contributed by atoms with van der Waals surface area (Å²) in [6.45, 7) is 8.72. The summed E-state index contributed by atoms with van der Waals surface area (Å²) in [7, 11) is 1.71. The Balaban J connectivity index is 0.00000406. The Hall–Kier alpha value is -5.25. The van der Waals surface area contributed by atoms with Crippen LogP contribution in [-0.2, 0) is 31.9 Å². The van der Waals surface area contributed by atoms with Crippen LogP contribution in [0.1, 0.15) is 58.7 Å². The molecule has 0 fully saturated rings. The molecule has 0 aliphatic heterocycles. The van der Waals surface area contributed by atoms with E-state index < -0.39 is 5.41 Å². The summed E-state index contributed by atoms with van der Waals surface area (Å²) in [5.41, 5.74) is 11.4. The molecule has 0 bridgehead atoms. The van der Waals surface area contributed by atoms with Crippen LogP contribution >= 0.6 is 0 Å².